The van der Waals surface area contributed by atoms with Crippen molar-refractivity contribution in [1.29, 1.82) is 5.26 Å². The number of fused-ring (bicyclic) bond motifs is 1. The van der Waals surface area contributed by atoms with Gasteiger partial charge in [0.1, 0.15) is 23.3 Å². The van der Waals surface area contributed by atoms with Crippen molar-refractivity contribution in [3.63, 3.8) is 0 Å². The number of rotatable bonds is 3. The molecule has 4 nitrogen and oxygen atoms in total. The van der Waals surface area contributed by atoms with E-state index >= 15 is 0 Å². The van der Waals surface area contributed by atoms with Crippen molar-refractivity contribution in [2.75, 3.05) is 6.61 Å². The molecule has 0 saturated heterocycles. The largest absolute Gasteiger partial charge is 0.488 e. The van der Waals surface area contributed by atoms with Crippen LogP contribution in [0.4, 0.5) is 0 Å². The highest BCUT2D eigenvalue weighted by molar-refractivity contribution is 7.95. The summed E-state index contributed by atoms with van der Waals surface area (Å²) in [6.07, 6.45) is 3.21. The van der Waals surface area contributed by atoms with Crippen LogP contribution in [-0.2, 0) is 9.84 Å². The molecule has 1 aliphatic heterocycles. The first-order valence-corrected chi connectivity index (χ1v) is 8.85. The molecule has 0 unspecified atom stereocenters. The maximum Gasteiger partial charge on any atom is 0.216 e. The Hall–Kier alpha value is -2.84. The van der Waals surface area contributed by atoms with Crippen LogP contribution in [0, 0.1) is 18.3 Å². The minimum atomic E-state index is -3.84. The molecule has 3 rings (SSSR count). The predicted molar refractivity (Wildman–Crippen MR) is 92.0 cm³/mol. The molecule has 24 heavy (non-hydrogen) atoms. The lowest BCUT2D eigenvalue weighted by molar-refractivity contribution is 0.351. The molecule has 0 radical (unpaired) electrons. The Morgan fingerprint density at radius 1 is 1.17 bits per heavy atom. The van der Waals surface area contributed by atoms with Gasteiger partial charge in [0.15, 0.2) is 0 Å². The number of hydrogen-bond donors (Lipinski definition) is 0. The highest BCUT2D eigenvalue weighted by atomic mass is 32.2. The van der Waals surface area contributed by atoms with Crippen molar-refractivity contribution in [3.05, 3.63) is 76.2 Å². The lowest BCUT2D eigenvalue weighted by atomic mass is 10.1. The number of hydrogen-bond acceptors (Lipinski definition) is 4. The first kappa shape index (κ1) is 16.0. The SMILES string of the molecule is Cc1ccc(S(=O)(=O)C(C#N)=CC2=Cc3ccccc3OC2)cc1. The van der Waals surface area contributed by atoms with Gasteiger partial charge >= 0.3 is 0 Å². The smallest absolute Gasteiger partial charge is 0.216 e. The molecule has 0 spiro atoms. The van der Waals surface area contributed by atoms with Crippen LogP contribution in [0.2, 0.25) is 0 Å². The zero-order chi connectivity index (χ0) is 17.2. The van der Waals surface area contributed by atoms with Gasteiger partial charge in [-0.25, -0.2) is 8.42 Å². The summed E-state index contributed by atoms with van der Waals surface area (Å²) in [4.78, 5) is -0.181. The van der Waals surface area contributed by atoms with Gasteiger partial charge in [0.2, 0.25) is 9.84 Å². The number of allylic oxidation sites excluding steroid dienone is 1. The van der Waals surface area contributed by atoms with Gasteiger partial charge in [-0.3, -0.25) is 0 Å². The molecule has 1 heterocycles. The van der Waals surface area contributed by atoms with Crippen molar-refractivity contribution in [2.45, 2.75) is 11.8 Å². The van der Waals surface area contributed by atoms with Crippen LogP contribution < -0.4 is 4.74 Å². The minimum Gasteiger partial charge on any atom is -0.488 e. The molecule has 2 aromatic carbocycles. The maximum absolute atomic E-state index is 12.6. The summed E-state index contributed by atoms with van der Waals surface area (Å²) in [7, 11) is -3.84. The fraction of sp³-hybridized carbons (Fsp3) is 0.105. The molecule has 0 bridgehead atoms. The molecular formula is C19H15NO3S. The predicted octanol–water partition coefficient (Wildman–Crippen LogP) is 3.65. The lowest BCUT2D eigenvalue weighted by Gasteiger charge is -2.16. The van der Waals surface area contributed by atoms with Gasteiger partial charge in [0, 0.05) is 5.56 Å². The van der Waals surface area contributed by atoms with Gasteiger partial charge < -0.3 is 4.74 Å². The number of nitrogens with zero attached hydrogens (tertiary/aromatic N) is 1. The summed E-state index contributed by atoms with van der Waals surface area (Å²) >= 11 is 0. The molecule has 0 saturated carbocycles. The Morgan fingerprint density at radius 2 is 1.88 bits per heavy atom. The number of aryl methyl sites for hydroxylation is 1. The van der Waals surface area contributed by atoms with E-state index < -0.39 is 9.84 Å². The molecular weight excluding hydrogens is 322 g/mol. The van der Waals surface area contributed by atoms with Gasteiger partial charge in [0.05, 0.1) is 4.90 Å². The van der Waals surface area contributed by atoms with Crippen molar-refractivity contribution in [1.82, 2.24) is 0 Å². The monoisotopic (exact) mass is 337 g/mol. The van der Waals surface area contributed by atoms with E-state index in [1.807, 2.05) is 37.3 Å². The van der Waals surface area contributed by atoms with Crippen molar-refractivity contribution in [3.8, 4) is 11.8 Å². The standard InChI is InChI=1S/C19H15NO3S/c1-14-6-8-17(9-7-14)24(21,22)18(12-20)11-15-10-16-4-2-3-5-19(16)23-13-15/h2-11H,13H2,1H3. The Bertz CT molecular complexity index is 978. The Morgan fingerprint density at radius 3 is 2.58 bits per heavy atom. The number of nitriles is 1. The Balaban J connectivity index is 2.00. The highest BCUT2D eigenvalue weighted by Crippen LogP contribution is 2.28. The van der Waals surface area contributed by atoms with E-state index in [2.05, 4.69) is 0 Å². The molecule has 120 valence electrons. The molecule has 5 heteroatoms. The van der Waals surface area contributed by atoms with E-state index in [0.717, 1.165) is 16.9 Å². The van der Waals surface area contributed by atoms with E-state index in [1.165, 1.54) is 18.2 Å². The molecule has 1 aliphatic rings. The normalized spacial score (nSPS) is 14.2. The highest BCUT2D eigenvalue weighted by Gasteiger charge is 2.21. The van der Waals surface area contributed by atoms with E-state index in [9.17, 15) is 13.7 Å². The van der Waals surface area contributed by atoms with Crippen LogP contribution in [0.5, 0.6) is 5.75 Å². The van der Waals surface area contributed by atoms with E-state index in [0.29, 0.717) is 5.57 Å². The molecule has 0 N–H and O–H groups in total. The fourth-order valence-electron chi connectivity index (χ4n) is 2.40. The van der Waals surface area contributed by atoms with Crippen LogP contribution in [-0.4, -0.2) is 15.0 Å². The van der Waals surface area contributed by atoms with Crippen LogP contribution in [0.25, 0.3) is 6.08 Å². The third-order valence-electron chi connectivity index (χ3n) is 3.70. The van der Waals surface area contributed by atoms with Crippen LogP contribution in [0.15, 0.2) is 70.0 Å². The third kappa shape index (κ3) is 3.10. The molecule has 0 amide bonds. The van der Waals surface area contributed by atoms with Crippen molar-refractivity contribution >= 4 is 15.9 Å². The zero-order valence-electron chi connectivity index (χ0n) is 13.1. The van der Waals surface area contributed by atoms with E-state index in [4.69, 9.17) is 4.74 Å². The van der Waals surface area contributed by atoms with Crippen molar-refractivity contribution < 1.29 is 13.2 Å². The second-order valence-electron chi connectivity index (χ2n) is 5.48. The Labute approximate surface area is 141 Å². The summed E-state index contributed by atoms with van der Waals surface area (Å²) < 4.78 is 30.9. The molecule has 0 aromatic heterocycles. The van der Waals surface area contributed by atoms with Crippen LogP contribution >= 0.6 is 0 Å². The molecule has 0 fully saturated rings. The number of para-hydroxylation sites is 1. The third-order valence-corrected chi connectivity index (χ3v) is 5.38. The number of benzene rings is 2. The first-order valence-electron chi connectivity index (χ1n) is 7.36. The molecule has 0 atom stereocenters. The average Bonchev–Trinajstić information content (AvgIpc) is 2.59. The quantitative estimate of drug-likeness (QED) is 0.802. The summed E-state index contributed by atoms with van der Waals surface area (Å²) in [6, 6.07) is 15.7. The minimum absolute atomic E-state index is 0.110. The topological polar surface area (TPSA) is 67.2 Å². The van der Waals surface area contributed by atoms with Crippen LogP contribution in [0.3, 0.4) is 0 Å². The van der Waals surface area contributed by atoms with Gasteiger partial charge in [-0.05, 0) is 42.8 Å². The summed E-state index contributed by atoms with van der Waals surface area (Å²) in [6.45, 7) is 2.10. The van der Waals surface area contributed by atoms with Crippen LogP contribution in [0.1, 0.15) is 11.1 Å². The first-order chi connectivity index (χ1) is 11.5. The second-order valence-corrected chi connectivity index (χ2v) is 7.40. The van der Waals surface area contributed by atoms with E-state index in [1.54, 1.807) is 18.2 Å². The van der Waals surface area contributed by atoms with Gasteiger partial charge in [-0.15, -0.1) is 0 Å². The van der Waals surface area contributed by atoms with Gasteiger partial charge in [-0.2, -0.15) is 5.26 Å². The number of ether oxygens (including phenoxy) is 1. The summed E-state index contributed by atoms with van der Waals surface area (Å²) in [5, 5.41) is 9.34. The molecule has 2 aromatic rings. The number of sulfone groups is 1. The van der Waals surface area contributed by atoms with Gasteiger partial charge in [0.25, 0.3) is 0 Å². The fourth-order valence-corrected chi connectivity index (χ4v) is 3.57. The summed E-state index contributed by atoms with van der Waals surface area (Å²) in [5.74, 6) is 0.745. The zero-order valence-corrected chi connectivity index (χ0v) is 13.9. The van der Waals surface area contributed by atoms with E-state index in [-0.39, 0.29) is 16.4 Å². The van der Waals surface area contributed by atoms with Crippen molar-refractivity contribution in [2.24, 2.45) is 0 Å². The Kier molecular flexibility index (Phi) is 4.24. The summed E-state index contributed by atoms with van der Waals surface area (Å²) in [5.41, 5.74) is 2.46. The lowest BCUT2D eigenvalue weighted by Crippen LogP contribution is -2.09. The average molecular weight is 337 g/mol. The maximum atomic E-state index is 12.6. The van der Waals surface area contributed by atoms with Gasteiger partial charge in [-0.1, -0.05) is 35.9 Å². The molecule has 0 aliphatic carbocycles. The second kappa shape index (κ2) is 6.34.